The molecule has 0 fully saturated rings. The van der Waals surface area contributed by atoms with Crippen LogP contribution in [0.2, 0.25) is 4.34 Å². The van der Waals surface area contributed by atoms with E-state index in [1.54, 1.807) is 13.0 Å². The zero-order valence-electron chi connectivity index (χ0n) is 11.2. The van der Waals surface area contributed by atoms with Crippen molar-refractivity contribution in [2.24, 2.45) is 0 Å². The molecule has 0 unspecified atom stereocenters. The first-order chi connectivity index (χ1) is 9.88. The van der Waals surface area contributed by atoms with Gasteiger partial charge in [-0.15, -0.1) is 11.3 Å². The van der Waals surface area contributed by atoms with Gasteiger partial charge in [0, 0.05) is 6.42 Å². The van der Waals surface area contributed by atoms with Crippen LogP contribution in [0.25, 0.3) is 0 Å². The zero-order chi connectivity index (χ0) is 15.2. The van der Waals surface area contributed by atoms with Gasteiger partial charge in [-0.3, -0.25) is 0 Å². The number of benzene rings is 1. The molecule has 1 aliphatic carbocycles. The van der Waals surface area contributed by atoms with E-state index in [2.05, 4.69) is 4.72 Å². The van der Waals surface area contributed by atoms with Gasteiger partial charge < -0.3 is 5.11 Å². The Labute approximate surface area is 132 Å². The molecular weight excluding hydrogens is 330 g/mol. The highest BCUT2D eigenvalue weighted by Crippen LogP contribution is 2.35. The molecule has 2 N–H and O–H groups in total. The van der Waals surface area contributed by atoms with Crippen molar-refractivity contribution in [2.45, 2.75) is 29.7 Å². The van der Waals surface area contributed by atoms with Crippen LogP contribution in [0.15, 0.2) is 34.5 Å². The van der Waals surface area contributed by atoms with Crippen LogP contribution in [0.3, 0.4) is 0 Å². The molecule has 0 bridgehead atoms. The average molecular weight is 344 g/mol. The highest BCUT2D eigenvalue weighted by molar-refractivity contribution is 7.91. The third kappa shape index (κ3) is 2.74. The molecule has 1 aromatic carbocycles. The van der Waals surface area contributed by atoms with Crippen molar-refractivity contribution in [3.8, 4) is 0 Å². The van der Waals surface area contributed by atoms with Crippen molar-refractivity contribution in [2.75, 3.05) is 0 Å². The van der Waals surface area contributed by atoms with Gasteiger partial charge in [0.15, 0.2) is 0 Å². The molecule has 1 aliphatic rings. The molecule has 7 heteroatoms. The quantitative estimate of drug-likeness (QED) is 0.900. The van der Waals surface area contributed by atoms with Gasteiger partial charge in [-0.1, -0.05) is 35.9 Å². The first kappa shape index (κ1) is 15.0. The molecule has 0 spiro atoms. The number of halogens is 1. The first-order valence-corrected chi connectivity index (χ1v) is 9.10. The van der Waals surface area contributed by atoms with Crippen LogP contribution in [0, 0.1) is 6.92 Å². The number of nitrogens with one attached hydrogen (secondary N) is 1. The van der Waals surface area contributed by atoms with Crippen molar-refractivity contribution in [1.82, 2.24) is 4.72 Å². The smallest absolute Gasteiger partial charge is 0.250 e. The lowest BCUT2D eigenvalue weighted by molar-refractivity contribution is 0.151. The van der Waals surface area contributed by atoms with E-state index in [-0.39, 0.29) is 4.21 Å². The van der Waals surface area contributed by atoms with E-state index in [1.807, 2.05) is 24.3 Å². The second-order valence-electron chi connectivity index (χ2n) is 5.09. The van der Waals surface area contributed by atoms with Gasteiger partial charge in [0.1, 0.15) is 4.21 Å². The second kappa shape index (κ2) is 5.37. The van der Waals surface area contributed by atoms with E-state index in [4.69, 9.17) is 11.6 Å². The Kier molecular flexibility index (Phi) is 3.83. The zero-order valence-corrected chi connectivity index (χ0v) is 13.6. The summed E-state index contributed by atoms with van der Waals surface area (Å²) in [5, 5.41) is 10.1. The van der Waals surface area contributed by atoms with E-state index >= 15 is 0 Å². The minimum atomic E-state index is -3.70. The van der Waals surface area contributed by atoms with Crippen LogP contribution < -0.4 is 4.72 Å². The summed E-state index contributed by atoms with van der Waals surface area (Å²) in [4.78, 5) is 0. The Morgan fingerprint density at radius 3 is 2.76 bits per heavy atom. The number of rotatable bonds is 3. The average Bonchev–Trinajstić information content (AvgIpc) is 2.92. The summed E-state index contributed by atoms with van der Waals surface area (Å²) >= 11 is 6.96. The molecule has 21 heavy (non-hydrogen) atoms. The van der Waals surface area contributed by atoms with E-state index in [0.29, 0.717) is 10.8 Å². The lowest BCUT2D eigenvalue weighted by Crippen LogP contribution is -2.33. The first-order valence-electron chi connectivity index (χ1n) is 6.42. The second-order valence-corrected chi connectivity index (χ2v) is 8.69. The monoisotopic (exact) mass is 343 g/mol. The maximum Gasteiger partial charge on any atom is 0.250 e. The van der Waals surface area contributed by atoms with Gasteiger partial charge in [0.05, 0.1) is 16.5 Å². The van der Waals surface area contributed by atoms with Gasteiger partial charge in [-0.2, -0.15) is 0 Å². The van der Waals surface area contributed by atoms with Crippen molar-refractivity contribution < 1.29 is 13.5 Å². The molecule has 0 aliphatic heterocycles. The summed E-state index contributed by atoms with van der Waals surface area (Å²) in [6, 6.07) is 8.38. The summed E-state index contributed by atoms with van der Waals surface area (Å²) in [7, 11) is -3.70. The van der Waals surface area contributed by atoms with Crippen LogP contribution in [0.4, 0.5) is 0 Å². The van der Waals surface area contributed by atoms with Crippen molar-refractivity contribution in [1.29, 1.82) is 0 Å². The highest BCUT2D eigenvalue weighted by Gasteiger charge is 2.34. The van der Waals surface area contributed by atoms with Crippen LogP contribution in [-0.4, -0.2) is 19.6 Å². The largest absolute Gasteiger partial charge is 0.391 e. The Hall–Kier alpha value is -0.920. The molecule has 0 radical (unpaired) electrons. The van der Waals surface area contributed by atoms with Gasteiger partial charge >= 0.3 is 0 Å². The standard InChI is InChI=1S/C14H14ClNO3S2/c1-8-6-12(20-14(8)15)21(18,19)16-13-10-5-3-2-4-9(10)7-11(13)17/h2-6,11,13,16-17H,7H2,1H3/t11-,13+/m0/s1. The fourth-order valence-corrected chi connectivity index (χ4v) is 5.48. The SMILES string of the molecule is Cc1cc(S(=O)(=O)N[C@@H]2c3ccccc3C[C@@H]2O)sc1Cl. The van der Waals surface area contributed by atoms with Crippen LogP contribution in [0.5, 0.6) is 0 Å². The molecule has 1 aromatic heterocycles. The molecule has 112 valence electrons. The number of hydrogen-bond donors (Lipinski definition) is 2. The summed E-state index contributed by atoms with van der Waals surface area (Å²) in [5.74, 6) is 0. The van der Waals surface area contributed by atoms with Gasteiger partial charge in [0.2, 0.25) is 0 Å². The normalized spacial score (nSPS) is 21.5. The van der Waals surface area contributed by atoms with Crippen molar-refractivity contribution in [3.63, 3.8) is 0 Å². The highest BCUT2D eigenvalue weighted by atomic mass is 35.5. The van der Waals surface area contributed by atoms with Crippen LogP contribution in [-0.2, 0) is 16.4 Å². The van der Waals surface area contributed by atoms with Gasteiger partial charge in [-0.05, 0) is 29.7 Å². The fourth-order valence-electron chi connectivity index (χ4n) is 2.51. The lowest BCUT2D eigenvalue weighted by Gasteiger charge is -2.17. The number of aryl methyl sites for hydroxylation is 1. The maximum atomic E-state index is 12.4. The summed E-state index contributed by atoms with van der Waals surface area (Å²) < 4.78 is 28.1. The van der Waals surface area contributed by atoms with E-state index < -0.39 is 22.2 Å². The molecule has 0 saturated carbocycles. The van der Waals surface area contributed by atoms with E-state index in [9.17, 15) is 13.5 Å². The van der Waals surface area contributed by atoms with Crippen molar-refractivity contribution in [3.05, 3.63) is 51.4 Å². The lowest BCUT2D eigenvalue weighted by atomic mass is 10.1. The number of aliphatic hydroxyl groups is 1. The van der Waals surface area contributed by atoms with E-state index in [1.165, 1.54) is 0 Å². The predicted octanol–water partition coefficient (Wildman–Crippen LogP) is 2.65. The number of aliphatic hydroxyl groups excluding tert-OH is 1. The number of thiophene rings is 1. The maximum absolute atomic E-state index is 12.4. The molecule has 3 rings (SSSR count). The Morgan fingerprint density at radius 2 is 2.10 bits per heavy atom. The minimum Gasteiger partial charge on any atom is -0.391 e. The summed E-state index contributed by atoms with van der Waals surface area (Å²) in [5.41, 5.74) is 2.53. The van der Waals surface area contributed by atoms with Gasteiger partial charge in [-0.25, -0.2) is 13.1 Å². The summed E-state index contributed by atoms with van der Waals surface area (Å²) in [6.07, 6.45) is -0.304. The Bertz CT molecular complexity index is 766. The third-order valence-corrected chi connectivity index (χ3v) is 7.06. The number of hydrogen-bond acceptors (Lipinski definition) is 4. The summed E-state index contributed by atoms with van der Waals surface area (Å²) in [6.45, 7) is 1.76. The molecule has 0 amide bonds. The third-order valence-electron chi connectivity index (χ3n) is 3.59. The molecule has 2 atom stereocenters. The molecule has 0 saturated heterocycles. The molecule has 1 heterocycles. The number of sulfonamides is 1. The topological polar surface area (TPSA) is 66.4 Å². The fraction of sp³-hybridized carbons (Fsp3) is 0.286. The van der Waals surface area contributed by atoms with Crippen LogP contribution >= 0.6 is 22.9 Å². The van der Waals surface area contributed by atoms with E-state index in [0.717, 1.165) is 28.0 Å². The van der Waals surface area contributed by atoms with Gasteiger partial charge in [0.25, 0.3) is 10.0 Å². The molecule has 2 aromatic rings. The molecular formula is C14H14ClNO3S2. The predicted molar refractivity (Wildman–Crippen MR) is 83.3 cm³/mol. The Morgan fingerprint density at radius 1 is 1.38 bits per heavy atom. The minimum absolute atomic E-state index is 0.168. The Balaban J connectivity index is 1.93. The van der Waals surface area contributed by atoms with Crippen molar-refractivity contribution >= 4 is 33.0 Å². The number of fused-ring (bicyclic) bond motifs is 1. The van der Waals surface area contributed by atoms with Crippen LogP contribution in [0.1, 0.15) is 22.7 Å². The molecule has 4 nitrogen and oxygen atoms in total.